The number of Topliss-reactive ketones (excluding diaryl/α,β-unsaturated/α-hetero) is 1. The van der Waals surface area contributed by atoms with Crippen LogP contribution in [0.25, 0.3) is 0 Å². The lowest BCUT2D eigenvalue weighted by molar-refractivity contribution is 0.0499. The number of amides is 2. The minimum absolute atomic E-state index is 0.0312. The Kier molecular flexibility index (Phi) is 5.46. The van der Waals surface area contributed by atoms with Gasteiger partial charge in [-0.15, -0.1) is 16.9 Å². The first-order valence-corrected chi connectivity index (χ1v) is 9.37. The topological polar surface area (TPSA) is 109 Å². The maximum atomic E-state index is 12.4. The standard InChI is InChI=1S/C17H21N5O3S/c1-3-17(2)9-13(23)12-8-11(4-5-14(12)25-17)20-16(24)18-6-7-26-15-10-19-22-21-15/h4-5,8,10H,3,6-7,9H2,1-2H3,(H2,18,20,24)(H,19,21,22). The number of nitrogens with one attached hydrogen (secondary N) is 3. The van der Waals surface area contributed by atoms with Crippen LogP contribution < -0.4 is 15.4 Å². The van der Waals surface area contributed by atoms with E-state index in [1.165, 1.54) is 11.8 Å². The summed E-state index contributed by atoms with van der Waals surface area (Å²) in [4.78, 5) is 24.4. The van der Waals surface area contributed by atoms with Crippen molar-refractivity contribution < 1.29 is 14.3 Å². The van der Waals surface area contributed by atoms with Gasteiger partial charge in [-0.2, -0.15) is 10.3 Å². The van der Waals surface area contributed by atoms with Crippen LogP contribution in [-0.4, -0.2) is 45.1 Å². The van der Waals surface area contributed by atoms with Crippen LogP contribution in [-0.2, 0) is 0 Å². The molecule has 2 aromatic rings. The average molecular weight is 375 g/mol. The van der Waals surface area contributed by atoms with Gasteiger partial charge in [0.25, 0.3) is 0 Å². The number of rotatable bonds is 6. The van der Waals surface area contributed by atoms with E-state index in [-0.39, 0.29) is 11.8 Å². The minimum atomic E-state index is -0.460. The quantitative estimate of drug-likeness (QED) is 0.529. The number of H-pyrrole nitrogens is 1. The molecule has 8 nitrogen and oxygen atoms in total. The van der Waals surface area contributed by atoms with Crippen LogP contribution in [0.1, 0.15) is 37.0 Å². The van der Waals surface area contributed by atoms with Gasteiger partial charge in [0.05, 0.1) is 18.2 Å². The Bertz CT molecular complexity index is 796. The summed E-state index contributed by atoms with van der Waals surface area (Å²) in [6.45, 7) is 4.41. The normalized spacial score (nSPS) is 18.8. The van der Waals surface area contributed by atoms with E-state index in [1.54, 1.807) is 24.4 Å². The summed E-state index contributed by atoms with van der Waals surface area (Å²) in [5, 5.41) is 16.4. The molecule has 1 aliphatic rings. The van der Waals surface area contributed by atoms with E-state index in [0.717, 1.165) is 11.4 Å². The third kappa shape index (κ3) is 4.34. The van der Waals surface area contributed by atoms with Gasteiger partial charge in [-0.1, -0.05) is 6.92 Å². The number of aromatic amines is 1. The van der Waals surface area contributed by atoms with Gasteiger partial charge < -0.3 is 15.4 Å². The van der Waals surface area contributed by atoms with Crippen molar-refractivity contribution in [1.29, 1.82) is 0 Å². The molecule has 3 N–H and O–H groups in total. The molecule has 1 unspecified atom stereocenters. The first-order chi connectivity index (χ1) is 12.5. The van der Waals surface area contributed by atoms with Crippen molar-refractivity contribution in [2.75, 3.05) is 17.6 Å². The Morgan fingerprint density at radius 2 is 2.31 bits per heavy atom. The van der Waals surface area contributed by atoms with E-state index < -0.39 is 5.60 Å². The second-order valence-corrected chi connectivity index (χ2v) is 7.37. The average Bonchev–Trinajstić information content (AvgIpc) is 3.13. The van der Waals surface area contributed by atoms with Crippen molar-refractivity contribution in [3.63, 3.8) is 0 Å². The lowest BCUT2D eigenvalue weighted by Crippen LogP contribution is -2.38. The third-order valence-corrected chi connectivity index (χ3v) is 5.11. The molecule has 0 bridgehead atoms. The van der Waals surface area contributed by atoms with Crippen molar-refractivity contribution in [3.8, 4) is 5.75 Å². The predicted molar refractivity (Wildman–Crippen MR) is 98.8 cm³/mol. The molecule has 9 heteroatoms. The van der Waals surface area contributed by atoms with E-state index in [2.05, 4.69) is 26.0 Å². The summed E-state index contributed by atoms with van der Waals surface area (Å²) in [5.41, 5.74) is 0.607. The molecule has 2 amide bonds. The molecule has 1 atom stereocenters. The molecule has 1 aliphatic heterocycles. The zero-order valence-corrected chi connectivity index (χ0v) is 15.5. The Balaban J connectivity index is 1.53. The number of carbonyl (C=O) groups excluding carboxylic acids is 2. The largest absolute Gasteiger partial charge is 0.486 e. The number of hydrogen-bond donors (Lipinski definition) is 3. The summed E-state index contributed by atoms with van der Waals surface area (Å²) in [7, 11) is 0. The fourth-order valence-electron chi connectivity index (χ4n) is 2.60. The van der Waals surface area contributed by atoms with Gasteiger partial charge >= 0.3 is 6.03 Å². The summed E-state index contributed by atoms with van der Waals surface area (Å²) < 4.78 is 5.95. The van der Waals surface area contributed by atoms with Crippen molar-refractivity contribution in [2.45, 2.75) is 37.3 Å². The van der Waals surface area contributed by atoms with Crippen LogP contribution in [0.3, 0.4) is 0 Å². The zero-order valence-electron chi connectivity index (χ0n) is 14.7. The van der Waals surface area contributed by atoms with E-state index in [9.17, 15) is 9.59 Å². The second kappa shape index (κ2) is 7.77. The highest BCUT2D eigenvalue weighted by atomic mass is 32.2. The van der Waals surface area contributed by atoms with Crippen LogP contribution in [0.15, 0.2) is 29.4 Å². The smallest absolute Gasteiger partial charge is 0.319 e. The van der Waals surface area contributed by atoms with E-state index in [0.29, 0.717) is 35.7 Å². The molecule has 0 saturated heterocycles. The monoisotopic (exact) mass is 375 g/mol. The molecule has 0 saturated carbocycles. The van der Waals surface area contributed by atoms with Crippen molar-refractivity contribution in [2.24, 2.45) is 0 Å². The van der Waals surface area contributed by atoms with Gasteiger partial charge in [-0.25, -0.2) is 4.79 Å². The third-order valence-electron chi connectivity index (χ3n) is 4.21. The Labute approximate surface area is 155 Å². The summed E-state index contributed by atoms with van der Waals surface area (Å²) in [5.74, 6) is 1.27. The van der Waals surface area contributed by atoms with Crippen LogP contribution in [0, 0.1) is 0 Å². The molecule has 0 fully saturated rings. The maximum Gasteiger partial charge on any atom is 0.319 e. The first kappa shape index (κ1) is 18.2. The molecule has 3 rings (SSSR count). The molecular formula is C17H21N5O3S. The number of urea groups is 1. The molecule has 0 radical (unpaired) electrons. The number of carbonyl (C=O) groups is 2. The summed E-state index contributed by atoms with van der Waals surface area (Å²) in [6.07, 6.45) is 2.72. The van der Waals surface area contributed by atoms with Crippen LogP contribution in [0.4, 0.5) is 10.5 Å². The zero-order chi connectivity index (χ0) is 18.6. The lowest BCUT2D eigenvalue weighted by Gasteiger charge is -2.34. The number of nitrogens with zero attached hydrogens (tertiary/aromatic N) is 2. The molecule has 1 aromatic heterocycles. The number of aromatic nitrogens is 3. The molecular weight excluding hydrogens is 354 g/mol. The van der Waals surface area contributed by atoms with Gasteiger partial charge in [0.2, 0.25) is 0 Å². The predicted octanol–water partition coefficient (Wildman–Crippen LogP) is 2.85. The SMILES string of the molecule is CCC1(C)CC(=O)c2cc(NC(=O)NCCSc3cn[nH]n3)ccc2O1. The number of fused-ring (bicyclic) bond motifs is 1. The first-order valence-electron chi connectivity index (χ1n) is 8.39. The van der Waals surface area contributed by atoms with Gasteiger partial charge in [0.1, 0.15) is 16.4 Å². The number of thioether (sulfide) groups is 1. The van der Waals surface area contributed by atoms with E-state index in [4.69, 9.17) is 4.74 Å². The van der Waals surface area contributed by atoms with E-state index in [1.807, 2.05) is 13.8 Å². The number of anilines is 1. The van der Waals surface area contributed by atoms with Crippen LogP contribution in [0.2, 0.25) is 0 Å². The fraction of sp³-hybridized carbons (Fsp3) is 0.412. The number of benzene rings is 1. The lowest BCUT2D eigenvalue weighted by atomic mass is 9.89. The van der Waals surface area contributed by atoms with E-state index >= 15 is 0 Å². The molecule has 138 valence electrons. The van der Waals surface area contributed by atoms with Crippen LogP contribution in [0.5, 0.6) is 5.75 Å². The highest BCUT2D eigenvalue weighted by molar-refractivity contribution is 7.99. The van der Waals surface area contributed by atoms with Crippen molar-refractivity contribution >= 4 is 29.3 Å². The number of ether oxygens (including phenoxy) is 1. The van der Waals surface area contributed by atoms with Crippen molar-refractivity contribution in [1.82, 2.24) is 20.7 Å². The number of ketones is 1. The fourth-order valence-corrected chi connectivity index (χ4v) is 3.25. The summed E-state index contributed by atoms with van der Waals surface area (Å²) >= 11 is 1.49. The molecule has 0 aliphatic carbocycles. The highest BCUT2D eigenvalue weighted by Gasteiger charge is 2.35. The molecule has 1 aromatic carbocycles. The molecule has 26 heavy (non-hydrogen) atoms. The second-order valence-electron chi connectivity index (χ2n) is 6.25. The van der Waals surface area contributed by atoms with Crippen molar-refractivity contribution in [3.05, 3.63) is 30.0 Å². The van der Waals surface area contributed by atoms with Gasteiger partial charge in [0, 0.05) is 18.0 Å². The Hall–Kier alpha value is -2.55. The number of hydrogen-bond acceptors (Lipinski definition) is 6. The minimum Gasteiger partial charge on any atom is -0.486 e. The Morgan fingerprint density at radius 3 is 3.04 bits per heavy atom. The van der Waals surface area contributed by atoms with Gasteiger partial charge in [0.15, 0.2) is 5.78 Å². The maximum absolute atomic E-state index is 12.4. The van der Waals surface area contributed by atoms with Crippen LogP contribution >= 0.6 is 11.8 Å². The Morgan fingerprint density at radius 1 is 1.46 bits per heavy atom. The van der Waals surface area contributed by atoms with Gasteiger partial charge in [-0.05, 0) is 31.5 Å². The highest BCUT2D eigenvalue weighted by Crippen LogP contribution is 2.36. The van der Waals surface area contributed by atoms with Gasteiger partial charge in [-0.3, -0.25) is 4.79 Å². The molecule has 0 spiro atoms. The summed E-state index contributed by atoms with van der Waals surface area (Å²) in [6, 6.07) is 4.80. The molecule has 2 heterocycles.